The molecule has 0 aliphatic carbocycles. The molecule has 0 saturated heterocycles. The summed E-state index contributed by atoms with van der Waals surface area (Å²) < 4.78 is 0. The average molecular weight is 183 g/mol. The minimum atomic E-state index is 1.13. The fourth-order valence-corrected chi connectivity index (χ4v) is 1.37. The minimum Gasteiger partial charge on any atom is -0.361 e. The van der Waals surface area contributed by atoms with Gasteiger partial charge in [0, 0.05) is 11.9 Å². The van der Waals surface area contributed by atoms with Crippen molar-refractivity contribution in [1.29, 1.82) is 0 Å². The lowest BCUT2D eigenvalue weighted by Gasteiger charge is -2.06. The van der Waals surface area contributed by atoms with Gasteiger partial charge in [-0.3, -0.25) is 0 Å². The second-order valence-corrected chi connectivity index (χ2v) is 3.33. The van der Waals surface area contributed by atoms with Crippen LogP contribution >= 0.6 is 0 Å². The maximum atomic E-state index is 3.24. The van der Waals surface area contributed by atoms with Gasteiger partial charge in [-0.25, -0.2) is 0 Å². The highest BCUT2D eigenvalue weighted by Gasteiger charge is 1.98. The van der Waals surface area contributed by atoms with Gasteiger partial charge in [0.1, 0.15) is 0 Å². The molecule has 0 unspecified atom stereocenters. The van der Waals surface area contributed by atoms with Crippen molar-refractivity contribution in [2.45, 2.75) is 6.92 Å². The molecule has 0 amide bonds. The van der Waals surface area contributed by atoms with Gasteiger partial charge in [0.05, 0.1) is 0 Å². The van der Waals surface area contributed by atoms with Crippen molar-refractivity contribution in [3.05, 3.63) is 65.9 Å². The number of hydrogen-bond donors (Lipinski definition) is 1. The van der Waals surface area contributed by atoms with E-state index in [9.17, 15) is 0 Å². The molecule has 0 saturated carbocycles. The average Bonchev–Trinajstić information content (AvgIpc) is 2.47. The van der Waals surface area contributed by atoms with E-state index < -0.39 is 0 Å². The van der Waals surface area contributed by atoms with Crippen LogP contribution in [0, 0.1) is 6.92 Å². The van der Waals surface area contributed by atoms with Crippen LogP contribution in [-0.2, 0) is 0 Å². The molecule has 0 fully saturated rings. The first-order valence-electron chi connectivity index (χ1n) is 4.73. The summed E-state index contributed by atoms with van der Waals surface area (Å²) in [5, 5.41) is 3.24. The first-order chi connectivity index (χ1) is 6.86. The lowest BCUT2D eigenvalue weighted by atomic mass is 10.1. The van der Waals surface area contributed by atoms with Gasteiger partial charge in [-0.05, 0) is 24.6 Å². The third-order valence-electron chi connectivity index (χ3n) is 2.18. The van der Waals surface area contributed by atoms with E-state index in [2.05, 4.69) is 42.6 Å². The normalized spacial score (nSPS) is 14.5. The van der Waals surface area contributed by atoms with Crippen LogP contribution in [0.2, 0.25) is 0 Å². The van der Waals surface area contributed by atoms with Crippen molar-refractivity contribution in [2.75, 3.05) is 0 Å². The standard InChI is InChI=1S/C13H13N/c1-11-6-8-12(9-7-11)13-5-3-2-4-10-14-13/h2-10,14H,1H3. The number of benzene rings is 1. The van der Waals surface area contributed by atoms with E-state index in [0.717, 1.165) is 5.70 Å². The van der Waals surface area contributed by atoms with Gasteiger partial charge in [0.25, 0.3) is 0 Å². The molecular weight excluding hydrogens is 170 g/mol. The Morgan fingerprint density at radius 3 is 2.50 bits per heavy atom. The number of rotatable bonds is 1. The van der Waals surface area contributed by atoms with E-state index in [1.54, 1.807) is 0 Å². The van der Waals surface area contributed by atoms with Crippen LogP contribution in [0.15, 0.2) is 54.8 Å². The number of hydrogen-bond acceptors (Lipinski definition) is 1. The first-order valence-corrected chi connectivity index (χ1v) is 4.73. The van der Waals surface area contributed by atoms with E-state index >= 15 is 0 Å². The van der Waals surface area contributed by atoms with Crippen LogP contribution in [0.4, 0.5) is 0 Å². The lowest BCUT2D eigenvalue weighted by molar-refractivity contribution is 1.22. The summed E-state index contributed by atoms with van der Waals surface area (Å²) in [6.07, 6.45) is 10.0. The number of aryl methyl sites for hydroxylation is 1. The first kappa shape index (κ1) is 8.82. The van der Waals surface area contributed by atoms with Crippen LogP contribution in [-0.4, -0.2) is 0 Å². The molecule has 0 spiro atoms. The summed E-state index contributed by atoms with van der Waals surface area (Å²) in [5.41, 5.74) is 3.64. The fourth-order valence-electron chi connectivity index (χ4n) is 1.37. The largest absolute Gasteiger partial charge is 0.361 e. The molecule has 0 atom stereocenters. The Kier molecular flexibility index (Phi) is 2.50. The molecule has 0 bridgehead atoms. The van der Waals surface area contributed by atoms with Crippen molar-refractivity contribution >= 4 is 5.70 Å². The van der Waals surface area contributed by atoms with Gasteiger partial charge in [-0.2, -0.15) is 0 Å². The van der Waals surface area contributed by atoms with Gasteiger partial charge >= 0.3 is 0 Å². The highest BCUT2D eigenvalue weighted by molar-refractivity contribution is 5.67. The Labute approximate surface area is 84.5 Å². The number of nitrogens with one attached hydrogen (secondary N) is 1. The quantitative estimate of drug-likeness (QED) is 0.705. The highest BCUT2D eigenvalue weighted by atomic mass is 14.8. The summed E-state index contributed by atoms with van der Waals surface area (Å²) in [5.74, 6) is 0. The molecule has 14 heavy (non-hydrogen) atoms. The number of allylic oxidation sites excluding steroid dienone is 4. The van der Waals surface area contributed by atoms with Crippen molar-refractivity contribution < 1.29 is 0 Å². The molecule has 1 nitrogen and oxygen atoms in total. The Morgan fingerprint density at radius 1 is 0.929 bits per heavy atom. The summed E-state index contributed by atoms with van der Waals surface area (Å²) in [7, 11) is 0. The van der Waals surface area contributed by atoms with Crippen LogP contribution in [0.25, 0.3) is 5.70 Å². The minimum absolute atomic E-state index is 1.13. The molecule has 1 aromatic rings. The Morgan fingerprint density at radius 2 is 1.71 bits per heavy atom. The second-order valence-electron chi connectivity index (χ2n) is 3.33. The van der Waals surface area contributed by atoms with Crippen molar-refractivity contribution in [1.82, 2.24) is 5.32 Å². The second kappa shape index (κ2) is 3.97. The van der Waals surface area contributed by atoms with Crippen molar-refractivity contribution in [3.8, 4) is 0 Å². The third kappa shape index (κ3) is 1.94. The van der Waals surface area contributed by atoms with Crippen molar-refractivity contribution in [3.63, 3.8) is 0 Å². The molecule has 1 aliphatic heterocycles. The predicted octanol–water partition coefficient (Wildman–Crippen LogP) is 3.01. The van der Waals surface area contributed by atoms with Crippen LogP contribution in [0.5, 0.6) is 0 Å². The van der Waals surface area contributed by atoms with E-state index in [0.29, 0.717) is 0 Å². The Hall–Kier alpha value is -1.76. The van der Waals surface area contributed by atoms with Crippen LogP contribution < -0.4 is 5.32 Å². The van der Waals surface area contributed by atoms with Gasteiger partial charge in [0.2, 0.25) is 0 Å². The van der Waals surface area contributed by atoms with E-state index in [1.807, 2.05) is 24.4 Å². The Bertz CT molecular complexity index is 394. The topological polar surface area (TPSA) is 12.0 Å². The summed E-state index contributed by atoms with van der Waals surface area (Å²) in [4.78, 5) is 0. The monoisotopic (exact) mass is 183 g/mol. The zero-order valence-electron chi connectivity index (χ0n) is 8.20. The van der Waals surface area contributed by atoms with Gasteiger partial charge in [-0.1, -0.05) is 42.0 Å². The maximum Gasteiger partial charge on any atom is 0.0453 e. The van der Waals surface area contributed by atoms with E-state index in [-0.39, 0.29) is 0 Å². The van der Waals surface area contributed by atoms with E-state index in [1.165, 1.54) is 11.1 Å². The fraction of sp³-hybridized carbons (Fsp3) is 0.0769. The predicted molar refractivity (Wildman–Crippen MR) is 60.6 cm³/mol. The summed E-state index contributed by atoms with van der Waals surface area (Å²) in [6.45, 7) is 2.10. The van der Waals surface area contributed by atoms with Gasteiger partial charge in [0.15, 0.2) is 0 Å². The Balaban J connectivity index is 2.31. The van der Waals surface area contributed by atoms with Crippen molar-refractivity contribution in [2.24, 2.45) is 0 Å². The molecule has 0 radical (unpaired) electrons. The molecule has 1 heterocycles. The molecule has 1 N–H and O–H groups in total. The zero-order valence-corrected chi connectivity index (χ0v) is 8.20. The van der Waals surface area contributed by atoms with Gasteiger partial charge < -0.3 is 5.32 Å². The highest BCUT2D eigenvalue weighted by Crippen LogP contribution is 2.13. The third-order valence-corrected chi connectivity index (χ3v) is 2.18. The van der Waals surface area contributed by atoms with Crippen LogP contribution in [0.3, 0.4) is 0 Å². The van der Waals surface area contributed by atoms with E-state index in [4.69, 9.17) is 0 Å². The molecule has 1 aromatic carbocycles. The molecule has 1 heteroatoms. The summed E-state index contributed by atoms with van der Waals surface area (Å²) >= 11 is 0. The molecule has 0 aromatic heterocycles. The molecular formula is C13H13N. The smallest absolute Gasteiger partial charge is 0.0453 e. The van der Waals surface area contributed by atoms with Crippen LogP contribution in [0.1, 0.15) is 11.1 Å². The summed E-state index contributed by atoms with van der Waals surface area (Å²) in [6, 6.07) is 8.49. The zero-order chi connectivity index (χ0) is 9.80. The SMILES string of the molecule is Cc1ccc(C2=CC=CC=CN2)cc1. The molecule has 1 aliphatic rings. The van der Waals surface area contributed by atoms with Gasteiger partial charge in [-0.15, -0.1) is 0 Å². The molecule has 70 valence electrons. The lowest BCUT2D eigenvalue weighted by Crippen LogP contribution is -2.02. The maximum absolute atomic E-state index is 3.24. The molecule has 2 rings (SSSR count).